The van der Waals surface area contributed by atoms with E-state index in [0.29, 0.717) is 0 Å². The standard InChI is InChI=1S/C13H9N3O2/c17-13(18)9-3-4-12-10(6-9)7-15-16(12)11-2-1-5-14-8-11/h1-8H,(H,17,18). The van der Waals surface area contributed by atoms with Gasteiger partial charge in [-0.15, -0.1) is 0 Å². The number of pyridine rings is 1. The molecule has 88 valence electrons. The molecule has 0 saturated carbocycles. The van der Waals surface area contributed by atoms with Crippen LogP contribution in [0, 0.1) is 0 Å². The average molecular weight is 239 g/mol. The molecular weight excluding hydrogens is 230 g/mol. The second kappa shape index (κ2) is 3.96. The number of fused-ring (bicyclic) bond motifs is 1. The van der Waals surface area contributed by atoms with E-state index < -0.39 is 5.97 Å². The maximum Gasteiger partial charge on any atom is 0.335 e. The quantitative estimate of drug-likeness (QED) is 0.743. The van der Waals surface area contributed by atoms with Gasteiger partial charge in [-0.05, 0) is 30.3 Å². The Labute approximate surface area is 102 Å². The van der Waals surface area contributed by atoms with Gasteiger partial charge in [0.25, 0.3) is 0 Å². The first kappa shape index (κ1) is 10.5. The molecule has 18 heavy (non-hydrogen) atoms. The first-order valence-electron chi connectivity index (χ1n) is 5.37. The molecule has 5 heteroatoms. The van der Waals surface area contributed by atoms with Gasteiger partial charge < -0.3 is 5.11 Å². The highest BCUT2D eigenvalue weighted by Crippen LogP contribution is 2.19. The van der Waals surface area contributed by atoms with Crippen molar-refractivity contribution in [1.82, 2.24) is 14.8 Å². The minimum Gasteiger partial charge on any atom is -0.478 e. The number of hydrogen-bond acceptors (Lipinski definition) is 3. The van der Waals surface area contributed by atoms with Gasteiger partial charge in [-0.2, -0.15) is 5.10 Å². The van der Waals surface area contributed by atoms with Crippen molar-refractivity contribution in [3.63, 3.8) is 0 Å². The summed E-state index contributed by atoms with van der Waals surface area (Å²) in [5, 5.41) is 14.0. The molecule has 0 aliphatic heterocycles. The van der Waals surface area contributed by atoms with Crippen LogP contribution < -0.4 is 0 Å². The maximum absolute atomic E-state index is 10.9. The van der Waals surface area contributed by atoms with E-state index in [-0.39, 0.29) is 5.56 Å². The molecule has 5 nitrogen and oxygen atoms in total. The molecule has 1 N–H and O–H groups in total. The predicted octanol–water partition coefficient (Wildman–Crippen LogP) is 2.12. The molecule has 0 atom stereocenters. The van der Waals surface area contributed by atoms with E-state index in [9.17, 15) is 4.79 Å². The lowest BCUT2D eigenvalue weighted by Gasteiger charge is -2.02. The number of aromatic nitrogens is 3. The van der Waals surface area contributed by atoms with E-state index in [0.717, 1.165) is 16.6 Å². The van der Waals surface area contributed by atoms with Crippen LogP contribution in [0.5, 0.6) is 0 Å². The van der Waals surface area contributed by atoms with Gasteiger partial charge in [0, 0.05) is 11.6 Å². The van der Waals surface area contributed by atoms with E-state index in [2.05, 4.69) is 10.1 Å². The number of aromatic carboxylic acids is 1. The monoisotopic (exact) mass is 239 g/mol. The van der Waals surface area contributed by atoms with Crippen molar-refractivity contribution in [1.29, 1.82) is 0 Å². The zero-order valence-electron chi connectivity index (χ0n) is 9.32. The molecule has 0 bridgehead atoms. The van der Waals surface area contributed by atoms with Crippen LogP contribution in [0.25, 0.3) is 16.6 Å². The fourth-order valence-corrected chi connectivity index (χ4v) is 1.85. The lowest BCUT2D eigenvalue weighted by Crippen LogP contribution is -1.98. The van der Waals surface area contributed by atoms with E-state index in [1.54, 1.807) is 41.5 Å². The van der Waals surface area contributed by atoms with Crippen molar-refractivity contribution in [2.45, 2.75) is 0 Å². The van der Waals surface area contributed by atoms with Gasteiger partial charge in [0.05, 0.1) is 29.2 Å². The number of benzene rings is 1. The first-order valence-corrected chi connectivity index (χ1v) is 5.37. The van der Waals surface area contributed by atoms with Crippen molar-refractivity contribution in [3.05, 3.63) is 54.5 Å². The molecule has 0 amide bonds. The Bertz CT molecular complexity index is 719. The Morgan fingerprint density at radius 3 is 2.83 bits per heavy atom. The minimum absolute atomic E-state index is 0.258. The van der Waals surface area contributed by atoms with Crippen LogP contribution in [0.4, 0.5) is 0 Å². The highest BCUT2D eigenvalue weighted by Gasteiger charge is 2.08. The summed E-state index contributed by atoms with van der Waals surface area (Å²) in [6.45, 7) is 0. The summed E-state index contributed by atoms with van der Waals surface area (Å²) >= 11 is 0. The Kier molecular flexibility index (Phi) is 2.30. The maximum atomic E-state index is 10.9. The summed E-state index contributed by atoms with van der Waals surface area (Å²) in [4.78, 5) is 14.9. The number of carbonyl (C=O) groups is 1. The fourth-order valence-electron chi connectivity index (χ4n) is 1.85. The van der Waals surface area contributed by atoms with Crippen molar-refractivity contribution >= 4 is 16.9 Å². The predicted molar refractivity (Wildman–Crippen MR) is 65.8 cm³/mol. The second-order valence-corrected chi connectivity index (χ2v) is 3.85. The summed E-state index contributed by atoms with van der Waals surface area (Å²) in [5.41, 5.74) is 1.96. The molecule has 0 radical (unpaired) electrons. The molecule has 3 aromatic rings. The van der Waals surface area contributed by atoms with Crippen molar-refractivity contribution < 1.29 is 9.90 Å². The smallest absolute Gasteiger partial charge is 0.335 e. The van der Waals surface area contributed by atoms with Crippen LogP contribution in [0.3, 0.4) is 0 Å². The molecule has 3 rings (SSSR count). The zero-order valence-corrected chi connectivity index (χ0v) is 9.32. The van der Waals surface area contributed by atoms with Crippen LogP contribution in [-0.2, 0) is 0 Å². The normalized spacial score (nSPS) is 10.7. The van der Waals surface area contributed by atoms with Crippen molar-refractivity contribution in [3.8, 4) is 5.69 Å². The van der Waals surface area contributed by atoms with Crippen LogP contribution in [-0.4, -0.2) is 25.8 Å². The van der Waals surface area contributed by atoms with Crippen molar-refractivity contribution in [2.24, 2.45) is 0 Å². The highest BCUT2D eigenvalue weighted by atomic mass is 16.4. The Morgan fingerprint density at radius 1 is 1.22 bits per heavy atom. The first-order chi connectivity index (χ1) is 8.75. The average Bonchev–Trinajstić information content (AvgIpc) is 2.82. The second-order valence-electron chi connectivity index (χ2n) is 3.85. The largest absolute Gasteiger partial charge is 0.478 e. The number of carboxylic acid groups (broad SMARTS) is 1. The molecule has 2 aromatic heterocycles. The third-order valence-electron chi connectivity index (χ3n) is 2.71. The molecule has 1 aromatic carbocycles. The third kappa shape index (κ3) is 1.62. The van der Waals surface area contributed by atoms with Gasteiger partial charge in [0.2, 0.25) is 0 Å². The highest BCUT2D eigenvalue weighted by molar-refractivity contribution is 5.93. The summed E-state index contributed by atoms with van der Waals surface area (Å²) in [5.74, 6) is -0.939. The number of hydrogen-bond donors (Lipinski definition) is 1. The summed E-state index contributed by atoms with van der Waals surface area (Å²) in [6.07, 6.45) is 5.05. The van der Waals surface area contributed by atoms with Crippen LogP contribution in [0.15, 0.2) is 48.9 Å². The van der Waals surface area contributed by atoms with Gasteiger partial charge in [-0.1, -0.05) is 0 Å². The molecule has 0 fully saturated rings. The fraction of sp³-hybridized carbons (Fsp3) is 0. The van der Waals surface area contributed by atoms with Gasteiger partial charge in [0.1, 0.15) is 0 Å². The lowest BCUT2D eigenvalue weighted by atomic mass is 10.1. The summed E-state index contributed by atoms with van der Waals surface area (Å²) < 4.78 is 1.73. The van der Waals surface area contributed by atoms with Gasteiger partial charge in [0.15, 0.2) is 0 Å². The van der Waals surface area contributed by atoms with E-state index in [1.807, 2.05) is 12.1 Å². The number of carboxylic acids is 1. The molecular formula is C13H9N3O2. The van der Waals surface area contributed by atoms with Crippen molar-refractivity contribution in [2.75, 3.05) is 0 Å². The summed E-state index contributed by atoms with van der Waals surface area (Å²) in [6, 6.07) is 8.65. The Morgan fingerprint density at radius 2 is 2.11 bits per heavy atom. The Hall–Kier alpha value is -2.69. The molecule has 0 spiro atoms. The molecule has 0 aliphatic carbocycles. The number of nitrogens with zero attached hydrogens (tertiary/aromatic N) is 3. The van der Waals surface area contributed by atoms with E-state index in [1.165, 1.54) is 0 Å². The lowest BCUT2D eigenvalue weighted by molar-refractivity contribution is 0.0697. The SMILES string of the molecule is O=C(O)c1ccc2c(cnn2-c2cccnc2)c1. The minimum atomic E-state index is -0.939. The Balaban J connectivity index is 2.19. The molecule has 0 saturated heterocycles. The van der Waals surface area contributed by atoms with E-state index in [4.69, 9.17) is 5.11 Å². The van der Waals surface area contributed by atoms with Crippen LogP contribution in [0.2, 0.25) is 0 Å². The molecule has 0 unspecified atom stereocenters. The van der Waals surface area contributed by atoms with Gasteiger partial charge in [-0.25, -0.2) is 9.48 Å². The topological polar surface area (TPSA) is 68.0 Å². The molecule has 2 heterocycles. The van der Waals surface area contributed by atoms with E-state index >= 15 is 0 Å². The summed E-state index contributed by atoms with van der Waals surface area (Å²) in [7, 11) is 0. The van der Waals surface area contributed by atoms with Gasteiger partial charge >= 0.3 is 5.97 Å². The third-order valence-corrected chi connectivity index (χ3v) is 2.71. The zero-order chi connectivity index (χ0) is 12.5. The van der Waals surface area contributed by atoms with Crippen LogP contribution in [0.1, 0.15) is 10.4 Å². The number of rotatable bonds is 2. The van der Waals surface area contributed by atoms with Gasteiger partial charge in [-0.3, -0.25) is 4.98 Å². The van der Waals surface area contributed by atoms with Crippen LogP contribution >= 0.6 is 0 Å². The molecule has 0 aliphatic rings.